The molecule has 1 aromatic rings. The van der Waals surface area contributed by atoms with Crippen LogP contribution in [0.25, 0.3) is 0 Å². The zero-order valence-corrected chi connectivity index (χ0v) is 16.2. The van der Waals surface area contributed by atoms with E-state index in [0.29, 0.717) is 6.54 Å². The smallest absolute Gasteiger partial charge is 0.271 e. The third-order valence-electron chi connectivity index (χ3n) is 3.85. The number of halogens is 2. The van der Waals surface area contributed by atoms with Gasteiger partial charge in [-0.3, -0.25) is 14.7 Å². The number of benzene rings is 1. The number of carbonyl (C=O) groups excluding carboxylic acids is 1. The van der Waals surface area contributed by atoms with E-state index in [4.69, 9.17) is 40.3 Å². The van der Waals surface area contributed by atoms with Gasteiger partial charge in [0, 0.05) is 12.2 Å². The average Bonchev–Trinajstić information content (AvgIpc) is 2.59. The first-order valence-corrected chi connectivity index (χ1v) is 8.42. The molecule has 0 saturated carbocycles. The van der Waals surface area contributed by atoms with Gasteiger partial charge >= 0.3 is 0 Å². The van der Waals surface area contributed by atoms with Crippen LogP contribution >= 0.6 is 24.0 Å². The molecule has 27 heavy (non-hydrogen) atoms. The van der Waals surface area contributed by atoms with Crippen LogP contribution in [-0.4, -0.2) is 34.6 Å². The fourth-order valence-corrected chi connectivity index (χ4v) is 2.63. The van der Waals surface area contributed by atoms with Gasteiger partial charge in [0.2, 0.25) is 0 Å². The summed E-state index contributed by atoms with van der Waals surface area (Å²) in [6, 6.07) is 7.75. The van der Waals surface area contributed by atoms with Gasteiger partial charge in [-0.2, -0.15) is 0 Å². The Morgan fingerprint density at radius 3 is 2.41 bits per heavy atom. The number of hydrogen-bond acceptors (Lipinski definition) is 6. The fourth-order valence-electron chi connectivity index (χ4n) is 2.44. The molecule has 0 spiro atoms. The van der Waals surface area contributed by atoms with Gasteiger partial charge in [0.15, 0.2) is 11.7 Å². The standard InChI is InChI=1S/C16H23ClN8O.ClH/c17-12-14(20)25(13(19)11(24-12)15(21)26)16(22)23-8-2-1-3-9-4-6-10(18)7-5-9;/h4-7,14H,1-3,8,18-20H2,(H2,21,26)(H2,22,23);1H. The summed E-state index contributed by atoms with van der Waals surface area (Å²) in [4.78, 5) is 20.7. The molecule has 2 rings (SSSR count). The number of primary amides is 1. The molecule has 1 amide bonds. The van der Waals surface area contributed by atoms with Crippen LogP contribution in [0.2, 0.25) is 0 Å². The van der Waals surface area contributed by atoms with Crippen molar-refractivity contribution < 1.29 is 4.79 Å². The fraction of sp³-hybridized carbons (Fsp3) is 0.312. The Morgan fingerprint density at radius 2 is 1.81 bits per heavy atom. The van der Waals surface area contributed by atoms with Gasteiger partial charge in [0.25, 0.3) is 5.91 Å². The average molecular weight is 415 g/mol. The number of anilines is 1. The summed E-state index contributed by atoms with van der Waals surface area (Å²) in [7, 11) is 0. The van der Waals surface area contributed by atoms with Crippen molar-refractivity contribution in [1.82, 2.24) is 4.90 Å². The van der Waals surface area contributed by atoms with Gasteiger partial charge in [-0.25, -0.2) is 4.99 Å². The number of nitrogen functional groups attached to an aromatic ring is 1. The highest BCUT2D eigenvalue weighted by Crippen LogP contribution is 2.18. The van der Waals surface area contributed by atoms with Crippen molar-refractivity contribution >= 4 is 46.7 Å². The van der Waals surface area contributed by atoms with Crippen LogP contribution in [0, 0.1) is 0 Å². The molecule has 0 radical (unpaired) electrons. The number of carbonyl (C=O) groups is 1. The van der Waals surface area contributed by atoms with Crippen molar-refractivity contribution in [3.05, 3.63) is 41.3 Å². The monoisotopic (exact) mass is 414 g/mol. The number of nitrogens with zero attached hydrogens (tertiary/aromatic N) is 3. The summed E-state index contributed by atoms with van der Waals surface area (Å²) in [5, 5.41) is -0.0468. The van der Waals surface area contributed by atoms with Crippen LogP contribution in [-0.2, 0) is 11.2 Å². The highest BCUT2D eigenvalue weighted by atomic mass is 35.5. The second kappa shape index (κ2) is 10.0. The van der Waals surface area contributed by atoms with Crippen molar-refractivity contribution in [1.29, 1.82) is 0 Å². The van der Waals surface area contributed by atoms with E-state index in [2.05, 4.69) is 9.98 Å². The third-order valence-corrected chi connectivity index (χ3v) is 4.16. The van der Waals surface area contributed by atoms with Gasteiger partial charge in [-0.15, -0.1) is 12.4 Å². The largest absolute Gasteiger partial charge is 0.399 e. The van der Waals surface area contributed by atoms with Crippen LogP contribution in [0.3, 0.4) is 0 Å². The first kappa shape index (κ1) is 22.6. The van der Waals surface area contributed by atoms with Crippen LogP contribution in [0.4, 0.5) is 5.69 Å². The maximum atomic E-state index is 11.4. The Morgan fingerprint density at radius 1 is 1.19 bits per heavy atom. The van der Waals surface area contributed by atoms with Gasteiger partial charge in [0.05, 0.1) is 0 Å². The second-order valence-corrected chi connectivity index (χ2v) is 6.17. The van der Waals surface area contributed by atoms with Gasteiger partial charge in [-0.1, -0.05) is 23.7 Å². The van der Waals surface area contributed by atoms with E-state index >= 15 is 0 Å². The highest BCUT2D eigenvalue weighted by molar-refractivity contribution is 6.67. The molecule has 1 aromatic carbocycles. The zero-order chi connectivity index (χ0) is 19.3. The van der Waals surface area contributed by atoms with Crippen LogP contribution in [0.5, 0.6) is 0 Å². The normalized spacial score (nSPS) is 17.4. The highest BCUT2D eigenvalue weighted by Gasteiger charge is 2.31. The minimum Gasteiger partial charge on any atom is -0.399 e. The summed E-state index contributed by atoms with van der Waals surface area (Å²) in [5.41, 5.74) is 30.4. The van der Waals surface area contributed by atoms with Gasteiger partial charge in [-0.05, 0) is 37.0 Å². The number of rotatable bonds is 6. The molecular formula is C16H24Cl2N8O. The second-order valence-electron chi connectivity index (χ2n) is 5.79. The molecule has 0 fully saturated rings. The van der Waals surface area contributed by atoms with Crippen molar-refractivity contribution in [3.63, 3.8) is 0 Å². The van der Waals surface area contributed by atoms with Crippen molar-refractivity contribution in [3.8, 4) is 0 Å². The van der Waals surface area contributed by atoms with Crippen LogP contribution in [0.15, 0.2) is 45.8 Å². The van der Waals surface area contributed by atoms with E-state index < -0.39 is 12.1 Å². The molecule has 0 aromatic heterocycles. The van der Waals surface area contributed by atoms with Crippen molar-refractivity contribution in [2.24, 2.45) is 32.9 Å². The molecule has 1 unspecified atom stereocenters. The number of aryl methyl sites for hydroxylation is 1. The summed E-state index contributed by atoms with van der Waals surface area (Å²) in [5.74, 6) is -0.847. The summed E-state index contributed by atoms with van der Waals surface area (Å²) >= 11 is 5.94. The summed E-state index contributed by atoms with van der Waals surface area (Å²) in [6.45, 7) is 0.470. The summed E-state index contributed by atoms with van der Waals surface area (Å²) < 4.78 is 0. The molecule has 9 nitrogen and oxygen atoms in total. The molecule has 0 aliphatic carbocycles. The molecule has 0 bridgehead atoms. The molecule has 1 aliphatic rings. The maximum absolute atomic E-state index is 11.4. The topological polar surface area (TPSA) is 175 Å². The Labute approximate surface area is 168 Å². The Kier molecular flexibility index (Phi) is 8.35. The Balaban J connectivity index is 0.00000364. The summed E-state index contributed by atoms with van der Waals surface area (Å²) in [6.07, 6.45) is 1.72. The quantitative estimate of drug-likeness (QED) is 0.192. The molecular weight excluding hydrogens is 391 g/mol. The number of hydrogen-bond donors (Lipinski definition) is 5. The number of amides is 1. The Bertz CT molecular complexity index is 760. The van der Waals surface area contributed by atoms with E-state index in [1.54, 1.807) is 0 Å². The predicted octanol–water partition coefficient (Wildman–Crippen LogP) is 0.179. The SMILES string of the molecule is Cl.NC(=O)C1=C(N)N(C(N)=NCCCCc2ccc(N)cc2)C(N)C(Cl)=N1. The van der Waals surface area contributed by atoms with Gasteiger partial charge in [0.1, 0.15) is 17.2 Å². The van der Waals surface area contributed by atoms with E-state index in [-0.39, 0.29) is 35.1 Å². The molecule has 148 valence electrons. The molecule has 11 heteroatoms. The Hall–Kier alpha value is -2.49. The van der Waals surface area contributed by atoms with E-state index in [0.717, 1.165) is 24.9 Å². The number of nitrogens with two attached hydrogens (primary N) is 5. The molecule has 0 saturated heterocycles. The first-order valence-electron chi connectivity index (χ1n) is 8.04. The molecule has 1 heterocycles. The number of aliphatic imine (C=N–C) groups is 2. The van der Waals surface area contributed by atoms with Crippen molar-refractivity contribution in [2.45, 2.75) is 25.4 Å². The van der Waals surface area contributed by atoms with Crippen molar-refractivity contribution in [2.75, 3.05) is 12.3 Å². The number of guanidine groups is 1. The predicted molar refractivity (Wildman–Crippen MR) is 111 cm³/mol. The van der Waals surface area contributed by atoms with E-state index in [9.17, 15) is 4.79 Å². The lowest BCUT2D eigenvalue weighted by Gasteiger charge is -2.32. The lowest BCUT2D eigenvalue weighted by atomic mass is 10.1. The number of unbranched alkanes of at least 4 members (excludes halogenated alkanes) is 1. The minimum absolute atomic E-state index is 0. The zero-order valence-electron chi connectivity index (χ0n) is 14.6. The van der Waals surface area contributed by atoms with E-state index in [1.807, 2.05) is 24.3 Å². The van der Waals surface area contributed by atoms with Crippen LogP contribution < -0.4 is 28.7 Å². The lowest BCUT2D eigenvalue weighted by molar-refractivity contribution is -0.114. The van der Waals surface area contributed by atoms with Crippen LogP contribution in [0.1, 0.15) is 18.4 Å². The lowest BCUT2D eigenvalue weighted by Crippen LogP contribution is -2.56. The molecule has 1 atom stereocenters. The maximum Gasteiger partial charge on any atom is 0.271 e. The first-order chi connectivity index (χ1) is 12.3. The molecule has 10 N–H and O–H groups in total. The molecule has 1 aliphatic heterocycles. The third kappa shape index (κ3) is 5.75. The van der Waals surface area contributed by atoms with Gasteiger partial charge < -0.3 is 28.7 Å². The minimum atomic E-state index is -0.918. The van der Waals surface area contributed by atoms with E-state index in [1.165, 1.54) is 10.5 Å².